The van der Waals surface area contributed by atoms with Crippen LogP contribution in [0.4, 0.5) is 0 Å². The van der Waals surface area contributed by atoms with Crippen molar-refractivity contribution in [2.45, 2.75) is 13.0 Å². The molecule has 3 N–H and O–H groups in total. The molecule has 0 aliphatic rings. The number of halogens is 1. The van der Waals surface area contributed by atoms with Crippen LogP contribution in [0.25, 0.3) is 10.9 Å². The summed E-state index contributed by atoms with van der Waals surface area (Å²) in [4.78, 5) is 10.9. The third-order valence-electron chi connectivity index (χ3n) is 2.96. The molecule has 0 aliphatic carbocycles. The topological polar surface area (TPSA) is 77.5 Å². The van der Waals surface area contributed by atoms with Crippen molar-refractivity contribution in [2.24, 2.45) is 5.73 Å². The van der Waals surface area contributed by atoms with Crippen LogP contribution in [-0.2, 0) is 17.8 Å². The number of carbonyl (C=O) groups is 1. The van der Waals surface area contributed by atoms with Crippen molar-refractivity contribution in [1.29, 1.82) is 0 Å². The van der Waals surface area contributed by atoms with Crippen LogP contribution < -0.4 is 10.5 Å². The minimum absolute atomic E-state index is 0.107. The van der Waals surface area contributed by atoms with E-state index in [0.29, 0.717) is 23.7 Å². The molecular weight excluding hydrogens is 268 g/mol. The maximum absolute atomic E-state index is 10.9. The number of ether oxygens (including phenoxy) is 1. The number of fused-ring (bicyclic) bond motifs is 1. The van der Waals surface area contributed by atoms with E-state index in [1.807, 2.05) is 6.07 Å². The molecule has 1 aromatic carbocycles. The molecule has 2 aromatic rings. The van der Waals surface area contributed by atoms with Gasteiger partial charge < -0.3 is 20.1 Å². The molecule has 0 atom stereocenters. The molecule has 0 aliphatic heterocycles. The Morgan fingerprint density at radius 3 is 2.84 bits per heavy atom. The molecule has 0 spiro atoms. The van der Waals surface area contributed by atoms with E-state index in [9.17, 15) is 4.79 Å². The number of carboxylic acids is 1. The second kappa shape index (κ2) is 5.50. The number of nitrogens with zero attached hydrogens (tertiary/aromatic N) is 1. The molecule has 0 saturated carbocycles. The SMILES string of the molecule is COc1cc2c(CCN)cn(CC(=O)O)c2cc1Cl. The predicted molar refractivity (Wildman–Crippen MR) is 73.9 cm³/mol. The molecule has 0 amide bonds. The number of nitrogens with two attached hydrogens (primary N) is 1. The van der Waals surface area contributed by atoms with Gasteiger partial charge in [-0.1, -0.05) is 11.6 Å². The molecule has 2 rings (SSSR count). The van der Waals surface area contributed by atoms with Gasteiger partial charge in [0, 0.05) is 11.6 Å². The van der Waals surface area contributed by atoms with Crippen LogP contribution in [0, 0.1) is 0 Å². The van der Waals surface area contributed by atoms with E-state index in [0.717, 1.165) is 16.5 Å². The van der Waals surface area contributed by atoms with E-state index in [4.69, 9.17) is 27.2 Å². The Morgan fingerprint density at radius 1 is 1.53 bits per heavy atom. The highest BCUT2D eigenvalue weighted by molar-refractivity contribution is 6.32. The van der Waals surface area contributed by atoms with Crippen molar-refractivity contribution in [3.63, 3.8) is 0 Å². The van der Waals surface area contributed by atoms with Crippen molar-refractivity contribution >= 4 is 28.5 Å². The van der Waals surface area contributed by atoms with Gasteiger partial charge in [0.1, 0.15) is 12.3 Å². The summed E-state index contributed by atoms with van der Waals surface area (Å²) in [5, 5.41) is 10.3. The highest BCUT2D eigenvalue weighted by Crippen LogP contribution is 2.32. The monoisotopic (exact) mass is 282 g/mol. The van der Waals surface area contributed by atoms with Crippen LogP contribution in [0.15, 0.2) is 18.3 Å². The number of methoxy groups -OCH3 is 1. The van der Waals surface area contributed by atoms with Gasteiger partial charge in [0.05, 0.1) is 17.6 Å². The third kappa shape index (κ3) is 2.67. The summed E-state index contributed by atoms with van der Waals surface area (Å²) in [7, 11) is 1.55. The van der Waals surface area contributed by atoms with Crippen molar-refractivity contribution in [3.05, 3.63) is 28.9 Å². The van der Waals surface area contributed by atoms with Gasteiger partial charge in [-0.25, -0.2) is 0 Å². The zero-order valence-corrected chi connectivity index (χ0v) is 11.3. The first-order valence-electron chi connectivity index (χ1n) is 5.84. The van der Waals surface area contributed by atoms with E-state index in [-0.39, 0.29) is 6.54 Å². The van der Waals surface area contributed by atoms with E-state index < -0.39 is 5.97 Å². The Kier molecular flexibility index (Phi) is 3.97. The molecule has 0 fully saturated rings. The van der Waals surface area contributed by atoms with Gasteiger partial charge in [0.25, 0.3) is 0 Å². The maximum atomic E-state index is 10.9. The number of benzene rings is 1. The summed E-state index contributed by atoms with van der Waals surface area (Å²) in [6.45, 7) is 0.390. The molecule has 5 nitrogen and oxygen atoms in total. The number of hydrogen-bond acceptors (Lipinski definition) is 3. The van der Waals surface area contributed by atoms with E-state index in [2.05, 4.69) is 0 Å². The van der Waals surface area contributed by atoms with Crippen LogP contribution in [0.3, 0.4) is 0 Å². The highest BCUT2D eigenvalue weighted by Gasteiger charge is 2.13. The van der Waals surface area contributed by atoms with Gasteiger partial charge in [-0.05, 0) is 30.7 Å². The van der Waals surface area contributed by atoms with Crippen molar-refractivity contribution in [1.82, 2.24) is 4.57 Å². The fourth-order valence-corrected chi connectivity index (χ4v) is 2.39. The summed E-state index contributed by atoms with van der Waals surface area (Å²) < 4.78 is 6.85. The maximum Gasteiger partial charge on any atom is 0.323 e. The first kappa shape index (κ1) is 13.7. The molecule has 1 aromatic heterocycles. The predicted octanol–water partition coefficient (Wildman–Crippen LogP) is 1.89. The third-order valence-corrected chi connectivity index (χ3v) is 3.25. The number of hydrogen-bond donors (Lipinski definition) is 2. The van der Waals surface area contributed by atoms with Crippen LogP contribution in [-0.4, -0.2) is 29.3 Å². The summed E-state index contributed by atoms with van der Waals surface area (Å²) in [6.07, 6.45) is 2.48. The number of carboxylic acid groups (broad SMARTS) is 1. The number of aliphatic carboxylic acids is 1. The molecule has 0 unspecified atom stereocenters. The Balaban J connectivity index is 2.63. The Bertz CT molecular complexity index is 622. The minimum atomic E-state index is -0.900. The average Bonchev–Trinajstić information content (AvgIpc) is 2.66. The molecule has 102 valence electrons. The summed E-state index contributed by atoms with van der Waals surface area (Å²) >= 11 is 6.09. The number of aromatic nitrogens is 1. The van der Waals surface area contributed by atoms with E-state index >= 15 is 0 Å². The molecule has 6 heteroatoms. The summed E-state index contributed by atoms with van der Waals surface area (Å²) in [5.74, 6) is -0.330. The van der Waals surface area contributed by atoms with Gasteiger partial charge in [-0.2, -0.15) is 0 Å². The summed E-state index contributed by atoms with van der Waals surface area (Å²) in [6, 6.07) is 3.54. The summed E-state index contributed by atoms with van der Waals surface area (Å²) in [5.41, 5.74) is 7.35. The molecule has 19 heavy (non-hydrogen) atoms. The van der Waals surface area contributed by atoms with E-state index in [1.165, 1.54) is 0 Å². The first-order valence-corrected chi connectivity index (χ1v) is 6.21. The lowest BCUT2D eigenvalue weighted by Crippen LogP contribution is -2.07. The number of rotatable bonds is 5. The molecule has 1 heterocycles. The van der Waals surface area contributed by atoms with Crippen molar-refractivity contribution < 1.29 is 14.6 Å². The van der Waals surface area contributed by atoms with E-state index in [1.54, 1.807) is 23.9 Å². The first-order chi connectivity index (χ1) is 9.06. The second-order valence-electron chi connectivity index (χ2n) is 4.22. The van der Waals surface area contributed by atoms with Crippen LogP contribution in [0.5, 0.6) is 5.75 Å². The normalized spacial score (nSPS) is 10.9. The quantitative estimate of drug-likeness (QED) is 0.878. The lowest BCUT2D eigenvalue weighted by atomic mass is 10.1. The fraction of sp³-hybridized carbons (Fsp3) is 0.308. The molecule has 0 bridgehead atoms. The second-order valence-corrected chi connectivity index (χ2v) is 4.63. The highest BCUT2D eigenvalue weighted by atomic mass is 35.5. The Labute approximate surface area is 115 Å². The molecular formula is C13H15ClN2O3. The fourth-order valence-electron chi connectivity index (χ4n) is 2.15. The van der Waals surface area contributed by atoms with Gasteiger partial charge in [-0.3, -0.25) is 4.79 Å². The van der Waals surface area contributed by atoms with Gasteiger partial charge in [-0.15, -0.1) is 0 Å². The zero-order chi connectivity index (χ0) is 14.0. The Morgan fingerprint density at radius 2 is 2.26 bits per heavy atom. The average molecular weight is 283 g/mol. The van der Waals surface area contributed by atoms with Crippen LogP contribution >= 0.6 is 11.6 Å². The lowest BCUT2D eigenvalue weighted by molar-refractivity contribution is -0.137. The van der Waals surface area contributed by atoms with Gasteiger partial charge >= 0.3 is 5.97 Å². The zero-order valence-electron chi connectivity index (χ0n) is 10.5. The van der Waals surface area contributed by atoms with Crippen LogP contribution in [0.1, 0.15) is 5.56 Å². The smallest absolute Gasteiger partial charge is 0.323 e. The van der Waals surface area contributed by atoms with Crippen LogP contribution in [0.2, 0.25) is 5.02 Å². The Hall–Kier alpha value is -1.72. The lowest BCUT2D eigenvalue weighted by Gasteiger charge is -2.06. The van der Waals surface area contributed by atoms with Gasteiger partial charge in [0.15, 0.2) is 0 Å². The van der Waals surface area contributed by atoms with Crippen molar-refractivity contribution in [2.75, 3.05) is 13.7 Å². The standard InChI is InChI=1S/C13H15ClN2O3/c1-19-12-4-9-8(2-3-15)6-16(7-13(17)18)11(9)5-10(12)14/h4-6H,2-3,7,15H2,1H3,(H,17,18). The molecule has 0 radical (unpaired) electrons. The van der Waals surface area contributed by atoms with Gasteiger partial charge in [0.2, 0.25) is 0 Å². The largest absolute Gasteiger partial charge is 0.495 e. The molecule has 0 saturated heterocycles. The minimum Gasteiger partial charge on any atom is -0.495 e. The van der Waals surface area contributed by atoms with Crippen molar-refractivity contribution in [3.8, 4) is 5.75 Å².